The van der Waals surface area contributed by atoms with E-state index in [1.54, 1.807) is 19.4 Å². The van der Waals surface area contributed by atoms with E-state index in [0.717, 1.165) is 30.0 Å². The van der Waals surface area contributed by atoms with E-state index in [2.05, 4.69) is 21.3 Å². The molecular weight excluding hydrogens is 387 g/mol. The maximum absolute atomic E-state index is 13.9. The summed E-state index contributed by atoms with van der Waals surface area (Å²) in [6.45, 7) is 1.41. The molecule has 2 aromatic heterocycles. The second-order valence-electron chi connectivity index (χ2n) is 6.95. The molecule has 3 heterocycles. The number of ether oxygens (including phenoxy) is 1. The van der Waals surface area contributed by atoms with Crippen molar-refractivity contribution < 1.29 is 9.13 Å². The molecule has 0 aliphatic carbocycles. The molecule has 0 unspecified atom stereocenters. The Balaban J connectivity index is 1.76. The minimum atomic E-state index is -0.263. The smallest absolute Gasteiger partial charge is 0.170 e. The molecule has 2 atom stereocenters. The lowest BCUT2D eigenvalue weighted by atomic mass is 10.0. The van der Waals surface area contributed by atoms with Gasteiger partial charge in [0.05, 0.1) is 17.8 Å². The number of methoxy groups -OCH3 is 1. The molecule has 0 amide bonds. The van der Waals surface area contributed by atoms with Gasteiger partial charge in [-0.1, -0.05) is 12.1 Å². The van der Waals surface area contributed by atoms with Gasteiger partial charge in [0.1, 0.15) is 5.82 Å². The molecule has 29 heavy (non-hydrogen) atoms. The summed E-state index contributed by atoms with van der Waals surface area (Å²) >= 11 is 5.68. The standard InChI is InChI=1S/C22H23FN4OS/c1-28-14-6-13-27-21(20(25-22(27)29)18-9-2-3-11-24-18)19-10-5-12-26(19)17-8-4-7-16(23)15-17/h2-5,7-12,15,20-21H,6,13-14H2,1H3,(H,25,29)/t20-,21+/m1/s1. The Morgan fingerprint density at radius 3 is 2.83 bits per heavy atom. The second kappa shape index (κ2) is 8.71. The van der Waals surface area contributed by atoms with Gasteiger partial charge in [-0.15, -0.1) is 0 Å². The highest BCUT2D eigenvalue weighted by Crippen LogP contribution is 2.39. The van der Waals surface area contributed by atoms with Gasteiger partial charge in [-0.05, 0) is 61.1 Å². The normalized spacial score (nSPS) is 18.8. The van der Waals surface area contributed by atoms with Gasteiger partial charge < -0.3 is 19.5 Å². The van der Waals surface area contributed by atoms with E-state index in [-0.39, 0.29) is 17.9 Å². The summed E-state index contributed by atoms with van der Waals surface area (Å²) in [5.41, 5.74) is 2.72. The molecule has 5 nitrogen and oxygen atoms in total. The van der Waals surface area contributed by atoms with Crippen LogP contribution in [0.15, 0.2) is 67.0 Å². The second-order valence-corrected chi connectivity index (χ2v) is 7.34. The van der Waals surface area contributed by atoms with Crippen LogP contribution in [-0.4, -0.2) is 39.8 Å². The van der Waals surface area contributed by atoms with Gasteiger partial charge in [0.2, 0.25) is 0 Å². The topological polar surface area (TPSA) is 42.3 Å². The zero-order chi connectivity index (χ0) is 20.2. The highest BCUT2D eigenvalue weighted by Gasteiger charge is 2.40. The highest BCUT2D eigenvalue weighted by molar-refractivity contribution is 7.80. The molecular formula is C22H23FN4OS. The van der Waals surface area contributed by atoms with Gasteiger partial charge in [0.25, 0.3) is 0 Å². The van der Waals surface area contributed by atoms with Crippen molar-refractivity contribution in [3.05, 3.63) is 84.2 Å². The average molecular weight is 411 g/mol. The minimum Gasteiger partial charge on any atom is -0.385 e. The molecule has 150 valence electrons. The number of hydrogen-bond acceptors (Lipinski definition) is 3. The summed E-state index contributed by atoms with van der Waals surface area (Å²) in [5, 5.41) is 4.13. The fourth-order valence-corrected chi connectivity index (χ4v) is 4.18. The minimum absolute atomic E-state index is 0.0764. The van der Waals surface area contributed by atoms with Crippen LogP contribution in [0.5, 0.6) is 0 Å². The van der Waals surface area contributed by atoms with Gasteiger partial charge in [0, 0.05) is 44.0 Å². The summed E-state index contributed by atoms with van der Waals surface area (Å²) in [4.78, 5) is 6.74. The number of pyridine rings is 1. The number of halogens is 1. The number of benzene rings is 1. The molecule has 0 radical (unpaired) electrons. The van der Waals surface area contributed by atoms with Crippen molar-refractivity contribution in [3.63, 3.8) is 0 Å². The van der Waals surface area contributed by atoms with Crippen LogP contribution < -0.4 is 5.32 Å². The number of rotatable bonds is 7. The summed E-state index contributed by atoms with van der Waals surface area (Å²) in [7, 11) is 1.70. The largest absolute Gasteiger partial charge is 0.385 e. The van der Waals surface area contributed by atoms with Crippen LogP contribution in [0.1, 0.15) is 29.9 Å². The monoisotopic (exact) mass is 410 g/mol. The van der Waals surface area contributed by atoms with E-state index in [1.165, 1.54) is 12.1 Å². The van der Waals surface area contributed by atoms with Crippen molar-refractivity contribution in [2.24, 2.45) is 0 Å². The van der Waals surface area contributed by atoms with Crippen LogP contribution in [0, 0.1) is 5.82 Å². The fourth-order valence-electron chi connectivity index (χ4n) is 3.84. The lowest BCUT2D eigenvalue weighted by molar-refractivity contribution is 0.180. The number of hydrogen-bond donors (Lipinski definition) is 1. The number of nitrogens with one attached hydrogen (secondary N) is 1. The predicted molar refractivity (Wildman–Crippen MR) is 114 cm³/mol. The molecule has 0 spiro atoms. The van der Waals surface area contributed by atoms with Crippen molar-refractivity contribution in [1.82, 2.24) is 19.8 Å². The van der Waals surface area contributed by atoms with Gasteiger partial charge in [-0.25, -0.2) is 4.39 Å². The van der Waals surface area contributed by atoms with E-state index in [4.69, 9.17) is 17.0 Å². The maximum atomic E-state index is 13.9. The quantitative estimate of drug-likeness (QED) is 0.471. The zero-order valence-corrected chi connectivity index (χ0v) is 17.0. The van der Waals surface area contributed by atoms with Crippen LogP contribution in [-0.2, 0) is 4.74 Å². The first-order valence-electron chi connectivity index (χ1n) is 9.59. The van der Waals surface area contributed by atoms with Crippen molar-refractivity contribution in [2.45, 2.75) is 18.5 Å². The van der Waals surface area contributed by atoms with Crippen molar-refractivity contribution in [2.75, 3.05) is 20.3 Å². The molecule has 1 aliphatic heterocycles. The molecule has 1 aliphatic rings. The first kappa shape index (κ1) is 19.5. The SMILES string of the molecule is COCCCN1C(=S)N[C@H](c2ccccn2)[C@@H]1c1cccn1-c1cccc(F)c1. The van der Waals surface area contributed by atoms with Crippen molar-refractivity contribution in [1.29, 1.82) is 0 Å². The fraction of sp³-hybridized carbons (Fsp3) is 0.273. The molecule has 4 rings (SSSR count). The predicted octanol–water partition coefficient (Wildman–Crippen LogP) is 4.02. The molecule has 0 saturated carbocycles. The Morgan fingerprint density at radius 1 is 1.17 bits per heavy atom. The summed E-state index contributed by atoms with van der Waals surface area (Å²) in [6, 6.07) is 16.3. The van der Waals surface area contributed by atoms with Gasteiger partial charge >= 0.3 is 0 Å². The summed E-state index contributed by atoms with van der Waals surface area (Å²) < 4.78 is 21.1. The van der Waals surface area contributed by atoms with Crippen LogP contribution >= 0.6 is 12.2 Å². The summed E-state index contributed by atoms with van der Waals surface area (Å²) in [5.74, 6) is -0.263. The highest BCUT2D eigenvalue weighted by atomic mass is 32.1. The zero-order valence-electron chi connectivity index (χ0n) is 16.2. The maximum Gasteiger partial charge on any atom is 0.170 e. The molecule has 1 aromatic carbocycles. The van der Waals surface area contributed by atoms with Gasteiger partial charge in [0.15, 0.2) is 5.11 Å². The Bertz CT molecular complexity index is 978. The van der Waals surface area contributed by atoms with Crippen LogP contribution in [0.3, 0.4) is 0 Å². The Morgan fingerprint density at radius 2 is 2.07 bits per heavy atom. The average Bonchev–Trinajstić information content (AvgIpc) is 3.33. The third-order valence-corrected chi connectivity index (χ3v) is 5.47. The lowest BCUT2D eigenvalue weighted by Crippen LogP contribution is -2.32. The van der Waals surface area contributed by atoms with Crippen LogP contribution in [0.25, 0.3) is 5.69 Å². The number of thiocarbonyl (C=S) groups is 1. The first-order chi connectivity index (χ1) is 14.2. The van der Waals surface area contributed by atoms with Crippen LogP contribution in [0.2, 0.25) is 0 Å². The van der Waals surface area contributed by atoms with Crippen LogP contribution in [0.4, 0.5) is 4.39 Å². The Labute approximate surface area is 175 Å². The molecule has 3 aromatic rings. The first-order valence-corrected chi connectivity index (χ1v) is 10.00. The van der Waals surface area contributed by atoms with E-state index in [9.17, 15) is 4.39 Å². The van der Waals surface area contributed by atoms with E-state index >= 15 is 0 Å². The van der Waals surface area contributed by atoms with E-state index in [0.29, 0.717) is 11.7 Å². The molecule has 1 saturated heterocycles. The van der Waals surface area contributed by atoms with E-state index < -0.39 is 0 Å². The lowest BCUT2D eigenvalue weighted by Gasteiger charge is -2.29. The molecule has 0 bridgehead atoms. The summed E-state index contributed by atoms with van der Waals surface area (Å²) in [6.07, 6.45) is 4.59. The molecule has 1 N–H and O–H groups in total. The molecule has 7 heteroatoms. The van der Waals surface area contributed by atoms with Gasteiger partial charge in [-0.2, -0.15) is 0 Å². The molecule has 1 fully saturated rings. The number of aromatic nitrogens is 2. The Kier molecular flexibility index (Phi) is 5.87. The number of nitrogens with zero attached hydrogens (tertiary/aromatic N) is 3. The third kappa shape index (κ3) is 4.02. The van der Waals surface area contributed by atoms with Crippen molar-refractivity contribution in [3.8, 4) is 5.69 Å². The van der Waals surface area contributed by atoms with Gasteiger partial charge in [-0.3, -0.25) is 4.98 Å². The Hall–Kier alpha value is -2.77. The van der Waals surface area contributed by atoms with Crippen molar-refractivity contribution >= 4 is 17.3 Å². The third-order valence-electron chi connectivity index (χ3n) is 5.11. The van der Waals surface area contributed by atoms with E-state index in [1.807, 2.05) is 41.1 Å².